The Labute approximate surface area is 61.7 Å². The van der Waals surface area contributed by atoms with Crippen molar-refractivity contribution in [2.75, 3.05) is 13.2 Å². The molecule has 1 aliphatic heterocycles. The van der Waals surface area contributed by atoms with E-state index in [-0.39, 0.29) is 0 Å². The summed E-state index contributed by atoms with van der Waals surface area (Å²) in [7, 11) is 0. The van der Waals surface area contributed by atoms with Crippen LogP contribution in [0, 0.1) is 11.8 Å². The molecule has 0 spiro atoms. The lowest BCUT2D eigenvalue weighted by Gasteiger charge is -2.36. The number of hydrogen-bond donors (Lipinski definition) is 1. The lowest BCUT2D eigenvalue weighted by atomic mass is 9.72. The molecule has 0 aromatic heterocycles. The van der Waals surface area contributed by atoms with Gasteiger partial charge in [-0.15, -0.1) is 0 Å². The summed E-state index contributed by atoms with van der Waals surface area (Å²) in [5.74, 6) is 1.75. The van der Waals surface area contributed by atoms with Crippen molar-refractivity contribution < 1.29 is 4.74 Å². The minimum absolute atomic E-state index is 0.505. The third-order valence-corrected chi connectivity index (χ3v) is 2.84. The predicted molar refractivity (Wildman–Crippen MR) is 39.6 cm³/mol. The van der Waals surface area contributed by atoms with E-state index in [9.17, 15) is 0 Å². The molecule has 2 N–H and O–H groups in total. The molecule has 1 atom stereocenters. The normalized spacial score (nSPS) is 47.1. The first kappa shape index (κ1) is 6.62. The molecule has 1 saturated carbocycles. The van der Waals surface area contributed by atoms with Gasteiger partial charge in [0.15, 0.2) is 0 Å². The van der Waals surface area contributed by atoms with Crippen LogP contribution in [0.5, 0.6) is 0 Å². The van der Waals surface area contributed by atoms with Gasteiger partial charge in [-0.1, -0.05) is 0 Å². The molecule has 58 valence electrons. The zero-order chi connectivity index (χ0) is 6.97. The van der Waals surface area contributed by atoms with Crippen molar-refractivity contribution in [2.45, 2.75) is 25.3 Å². The first-order valence-electron chi connectivity index (χ1n) is 4.19. The van der Waals surface area contributed by atoms with Crippen LogP contribution in [0.25, 0.3) is 0 Å². The van der Waals surface area contributed by atoms with E-state index in [0.29, 0.717) is 6.04 Å². The largest absolute Gasteiger partial charge is 0.381 e. The SMILES string of the molecule is NC1CC(C2CCOC2)C1. The van der Waals surface area contributed by atoms with Crippen molar-refractivity contribution in [3.05, 3.63) is 0 Å². The second-order valence-electron chi connectivity index (χ2n) is 3.62. The van der Waals surface area contributed by atoms with E-state index in [1.54, 1.807) is 0 Å². The molecule has 0 amide bonds. The Kier molecular flexibility index (Phi) is 1.66. The van der Waals surface area contributed by atoms with Gasteiger partial charge in [-0.3, -0.25) is 0 Å². The van der Waals surface area contributed by atoms with Crippen molar-refractivity contribution in [3.63, 3.8) is 0 Å². The first-order valence-corrected chi connectivity index (χ1v) is 4.19. The fourth-order valence-electron chi connectivity index (χ4n) is 2.02. The summed E-state index contributed by atoms with van der Waals surface area (Å²) in [5, 5.41) is 0. The van der Waals surface area contributed by atoms with Crippen molar-refractivity contribution in [1.29, 1.82) is 0 Å². The average molecular weight is 141 g/mol. The lowest BCUT2D eigenvalue weighted by Crippen LogP contribution is -2.40. The molecular formula is C8H15NO. The van der Waals surface area contributed by atoms with Crippen LogP contribution in [-0.4, -0.2) is 19.3 Å². The number of hydrogen-bond acceptors (Lipinski definition) is 2. The monoisotopic (exact) mass is 141 g/mol. The van der Waals surface area contributed by atoms with E-state index in [0.717, 1.165) is 25.0 Å². The maximum absolute atomic E-state index is 5.70. The molecule has 0 aromatic carbocycles. The van der Waals surface area contributed by atoms with Crippen LogP contribution in [0.2, 0.25) is 0 Å². The number of rotatable bonds is 1. The number of nitrogens with two attached hydrogens (primary N) is 1. The minimum atomic E-state index is 0.505. The highest BCUT2D eigenvalue weighted by Crippen LogP contribution is 2.36. The predicted octanol–water partition coefficient (Wildman–Crippen LogP) is 0.760. The highest BCUT2D eigenvalue weighted by atomic mass is 16.5. The van der Waals surface area contributed by atoms with E-state index >= 15 is 0 Å². The fraction of sp³-hybridized carbons (Fsp3) is 1.00. The molecule has 0 aromatic rings. The van der Waals surface area contributed by atoms with Crippen LogP contribution in [0.15, 0.2) is 0 Å². The summed E-state index contributed by atoms with van der Waals surface area (Å²) >= 11 is 0. The van der Waals surface area contributed by atoms with Crippen LogP contribution in [0.4, 0.5) is 0 Å². The molecule has 2 nitrogen and oxygen atoms in total. The smallest absolute Gasteiger partial charge is 0.0497 e. The molecule has 1 unspecified atom stereocenters. The van der Waals surface area contributed by atoms with Crippen LogP contribution in [0.1, 0.15) is 19.3 Å². The Morgan fingerprint density at radius 1 is 1.20 bits per heavy atom. The van der Waals surface area contributed by atoms with Gasteiger partial charge in [-0.25, -0.2) is 0 Å². The zero-order valence-corrected chi connectivity index (χ0v) is 6.25. The Hall–Kier alpha value is -0.0800. The Morgan fingerprint density at radius 2 is 2.00 bits per heavy atom. The topological polar surface area (TPSA) is 35.2 Å². The van der Waals surface area contributed by atoms with Gasteiger partial charge in [0.2, 0.25) is 0 Å². The Bertz CT molecular complexity index is 114. The summed E-state index contributed by atoms with van der Waals surface area (Å²) in [6.07, 6.45) is 3.76. The van der Waals surface area contributed by atoms with Gasteiger partial charge < -0.3 is 10.5 Å². The molecule has 1 saturated heterocycles. The molecule has 2 fully saturated rings. The van der Waals surface area contributed by atoms with Crippen LogP contribution in [0.3, 0.4) is 0 Å². The van der Waals surface area contributed by atoms with Crippen molar-refractivity contribution >= 4 is 0 Å². The van der Waals surface area contributed by atoms with Crippen molar-refractivity contribution in [1.82, 2.24) is 0 Å². The van der Waals surface area contributed by atoms with Gasteiger partial charge in [0.1, 0.15) is 0 Å². The second-order valence-corrected chi connectivity index (χ2v) is 3.62. The van der Waals surface area contributed by atoms with Gasteiger partial charge in [0.25, 0.3) is 0 Å². The van der Waals surface area contributed by atoms with Crippen LogP contribution < -0.4 is 5.73 Å². The van der Waals surface area contributed by atoms with Crippen molar-refractivity contribution in [3.8, 4) is 0 Å². The molecular weight excluding hydrogens is 126 g/mol. The van der Waals surface area contributed by atoms with E-state index in [1.807, 2.05) is 0 Å². The van der Waals surface area contributed by atoms with E-state index < -0.39 is 0 Å². The Morgan fingerprint density at radius 3 is 2.50 bits per heavy atom. The minimum Gasteiger partial charge on any atom is -0.381 e. The molecule has 2 rings (SSSR count). The van der Waals surface area contributed by atoms with E-state index in [2.05, 4.69) is 0 Å². The standard InChI is InChI=1S/C8H15NO/c9-8-3-7(4-8)6-1-2-10-5-6/h6-8H,1-5,9H2. The molecule has 0 radical (unpaired) electrons. The lowest BCUT2D eigenvalue weighted by molar-refractivity contribution is 0.133. The highest BCUT2D eigenvalue weighted by Gasteiger charge is 2.34. The number of ether oxygens (including phenoxy) is 1. The summed E-state index contributed by atoms with van der Waals surface area (Å²) in [5.41, 5.74) is 5.70. The van der Waals surface area contributed by atoms with E-state index in [4.69, 9.17) is 10.5 Å². The highest BCUT2D eigenvalue weighted by molar-refractivity contribution is 4.87. The Balaban J connectivity index is 1.78. The molecule has 10 heavy (non-hydrogen) atoms. The van der Waals surface area contributed by atoms with Crippen LogP contribution >= 0.6 is 0 Å². The summed E-state index contributed by atoms with van der Waals surface area (Å²) < 4.78 is 5.31. The second kappa shape index (κ2) is 2.51. The van der Waals surface area contributed by atoms with E-state index in [1.165, 1.54) is 19.3 Å². The summed E-state index contributed by atoms with van der Waals surface area (Å²) in [6, 6.07) is 0.505. The van der Waals surface area contributed by atoms with Gasteiger partial charge in [0, 0.05) is 19.3 Å². The van der Waals surface area contributed by atoms with Gasteiger partial charge in [-0.05, 0) is 31.1 Å². The molecule has 1 aliphatic carbocycles. The van der Waals surface area contributed by atoms with Gasteiger partial charge in [0.05, 0.1) is 0 Å². The van der Waals surface area contributed by atoms with Gasteiger partial charge in [-0.2, -0.15) is 0 Å². The third kappa shape index (κ3) is 1.06. The molecule has 2 aliphatic rings. The quantitative estimate of drug-likeness (QED) is 0.585. The fourth-order valence-corrected chi connectivity index (χ4v) is 2.02. The zero-order valence-electron chi connectivity index (χ0n) is 6.25. The third-order valence-electron chi connectivity index (χ3n) is 2.84. The van der Waals surface area contributed by atoms with Crippen LogP contribution in [-0.2, 0) is 4.74 Å². The maximum Gasteiger partial charge on any atom is 0.0497 e. The van der Waals surface area contributed by atoms with Gasteiger partial charge >= 0.3 is 0 Å². The first-order chi connectivity index (χ1) is 4.86. The molecule has 0 bridgehead atoms. The summed E-state index contributed by atoms with van der Waals surface area (Å²) in [6.45, 7) is 1.98. The van der Waals surface area contributed by atoms with Crippen molar-refractivity contribution in [2.24, 2.45) is 17.6 Å². The summed E-state index contributed by atoms with van der Waals surface area (Å²) in [4.78, 5) is 0. The maximum atomic E-state index is 5.70. The molecule has 1 heterocycles. The molecule has 2 heteroatoms. The average Bonchev–Trinajstić information content (AvgIpc) is 2.31.